The lowest BCUT2D eigenvalue weighted by atomic mass is 10.4. The van der Waals surface area contributed by atoms with Gasteiger partial charge in [0.2, 0.25) is 0 Å². The Bertz CT molecular complexity index is 406. The molecule has 0 spiro atoms. The third-order valence-corrected chi connectivity index (χ3v) is 2.90. The van der Waals surface area contributed by atoms with Crippen LogP contribution >= 0.6 is 11.3 Å². The van der Waals surface area contributed by atoms with Gasteiger partial charge in [0.15, 0.2) is 0 Å². The molecule has 0 aliphatic heterocycles. The Hall–Kier alpha value is -1.89. The molecule has 0 saturated carbocycles. The molecule has 0 fully saturated rings. The molecular weight excluding hydrogens is 254 g/mol. The second kappa shape index (κ2) is 7.44. The van der Waals surface area contributed by atoms with E-state index in [2.05, 4.69) is 16.9 Å². The van der Waals surface area contributed by atoms with Gasteiger partial charge in [-0.1, -0.05) is 6.08 Å². The minimum Gasteiger partial charge on any atom is -0.480 e. The van der Waals surface area contributed by atoms with Gasteiger partial charge in [-0.05, 0) is 0 Å². The van der Waals surface area contributed by atoms with E-state index in [1.807, 2.05) is 5.38 Å². The van der Waals surface area contributed by atoms with Crippen LogP contribution in [0.4, 0.5) is 4.79 Å². The predicted molar refractivity (Wildman–Crippen MR) is 68.6 cm³/mol. The zero-order valence-corrected chi connectivity index (χ0v) is 10.7. The van der Waals surface area contributed by atoms with Gasteiger partial charge in [-0.3, -0.25) is 4.79 Å². The van der Waals surface area contributed by atoms with Crippen LogP contribution in [0.2, 0.25) is 0 Å². The fourth-order valence-electron chi connectivity index (χ4n) is 1.30. The number of carbonyl (C=O) groups excluding carboxylic acids is 1. The van der Waals surface area contributed by atoms with E-state index in [0.717, 1.165) is 5.01 Å². The number of hydrogen-bond donors (Lipinski definition) is 2. The molecule has 18 heavy (non-hydrogen) atoms. The SMILES string of the molecule is C=CCN(CC(=O)O)C(=O)NCCc1nccs1. The number of urea groups is 1. The molecule has 98 valence electrons. The fraction of sp³-hybridized carbons (Fsp3) is 0.364. The van der Waals surface area contributed by atoms with Crippen molar-refractivity contribution in [1.29, 1.82) is 0 Å². The summed E-state index contributed by atoms with van der Waals surface area (Å²) in [5.74, 6) is -1.05. The van der Waals surface area contributed by atoms with Crippen molar-refractivity contribution in [2.24, 2.45) is 0 Å². The minimum atomic E-state index is -1.05. The van der Waals surface area contributed by atoms with Crippen LogP contribution in [-0.4, -0.2) is 46.6 Å². The van der Waals surface area contributed by atoms with Crippen LogP contribution in [0.5, 0.6) is 0 Å². The zero-order chi connectivity index (χ0) is 13.4. The first-order chi connectivity index (χ1) is 8.63. The molecule has 1 rings (SSSR count). The van der Waals surface area contributed by atoms with Gasteiger partial charge in [0.05, 0.1) is 5.01 Å². The molecule has 7 heteroatoms. The molecule has 0 bridgehead atoms. The Morgan fingerprint density at radius 3 is 2.94 bits per heavy atom. The van der Waals surface area contributed by atoms with Crippen LogP contribution in [0.3, 0.4) is 0 Å². The van der Waals surface area contributed by atoms with Crippen molar-refractivity contribution in [3.63, 3.8) is 0 Å². The number of amides is 2. The first kappa shape index (κ1) is 14.2. The lowest BCUT2D eigenvalue weighted by Crippen LogP contribution is -2.43. The third kappa shape index (κ3) is 4.96. The van der Waals surface area contributed by atoms with Crippen molar-refractivity contribution < 1.29 is 14.7 Å². The topological polar surface area (TPSA) is 82.5 Å². The van der Waals surface area contributed by atoms with Crippen molar-refractivity contribution in [3.8, 4) is 0 Å². The number of nitrogens with zero attached hydrogens (tertiary/aromatic N) is 2. The Morgan fingerprint density at radius 2 is 2.39 bits per heavy atom. The number of rotatable bonds is 7. The minimum absolute atomic E-state index is 0.204. The van der Waals surface area contributed by atoms with Crippen LogP contribution < -0.4 is 5.32 Å². The Labute approximate surface area is 109 Å². The predicted octanol–water partition coefficient (Wildman–Crippen LogP) is 0.968. The highest BCUT2D eigenvalue weighted by Crippen LogP contribution is 2.03. The van der Waals surface area contributed by atoms with Crippen LogP contribution in [0.15, 0.2) is 24.2 Å². The number of nitrogens with one attached hydrogen (secondary N) is 1. The number of thiazole rings is 1. The largest absolute Gasteiger partial charge is 0.480 e. The zero-order valence-electron chi connectivity index (χ0n) is 9.83. The van der Waals surface area contributed by atoms with Crippen molar-refractivity contribution in [2.45, 2.75) is 6.42 Å². The van der Waals surface area contributed by atoms with Crippen molar-refractivity contribution in [1.82, 2.24) is 15.2 Å². The summed E-state index contributed by atoms with van der Waals surface area (Å²) in [5, 5.41) is 14.1. The van der Waals surface area contributed by atoms with Gasteiger partial charge in [0.1, 0.15) is 6.54 Å². The maximum atomic E-state index is 11.7. The number of aliphatic carboxylic acids is 1. The molecule has 6 nitrogen and oxygen atoms in total. The molecule has 0 atom stereocenters. The molecule has 1 aromatic heterocycles. The van der Waals surface area contributed by atoms with Crippen LogP contribution in [-0.2, 0) is 11.2 Å². The van der Waals surface area contributed by atoms with Crippen LogP contribution in [0.25, 0.3) is 0 Å². The van der Waals surface area contributed by atoms with E-state index in [1.165, 1.54) is 22.3 Å². The molecule has 0 saturated heterocycles. The lowest BCUT2D eigenvalue weighted by molar-refractivity contribution is -0.137. The van der Waals surface area contributed by atoms with Gasteiger partial charge in [-0.2, -0.15) is 0 Å². The lowest BCUT2D eigenvalue weighted by Gasteiger charge is -2.19. The molecular formula is C11H15N3O3S. The Morgan fingerprint density at radius 1 is 1.61 bits per heavy atom. The number of hydrogen-bond acceptors (Lipinski definition) is 4. The summed E-state index contributed by atoms with van der Waals surface area (Å²) in [7, 11) is 0. The maximum Gasteiger partial charge on any atom is 0.323 e. The Balaban J connectivity index is 2.36. The Kier molecular flexibility index (Phi) is 5.86. The van der Waals surface area contributed by atoms with Gasteiger partial charge < -0.3 is 15.3 Å². The van der Waals surface area contributed by atoms with E-state index in [9.17, 15) is 9.59 Å². The first-order valence-electron chi connectivity index (χ1n) is 5.37. The molecule has 2 amide bonds. The standard InChI is InChI=1S/C11H15N3O3S/c1-2-6-14(8-10(15)16)11(17)13-4-3-9-12-5-7-18-9/h2,5,7H,1,3-4,6,8H2,(H,13,17)(H,15,16). The van der Waals surface area contributed by atoms with Crippen molar-refractivity contribution in [2.75, 3.05) is 19.6 Å². The number of aromatic nitrogens is 1. The van der Waals surface area contributed by atoms with E-state index >= 15 is 0 Å². The second-order valence-electron chi connectivity index (χ2n) is 3.47. The van der Waals surface area contributed by atoms with Gasteiger partial charge in [0.25, 0.3) is 0 Å². The van der Waals surface area contributed by atoms with Gasteiger partial charge in [-0.25, -0.2) is 9.78 Å². The molecule has 0 aliphatic rings. The van der Waals surface area contributed by atoms with Crippen LogP contribution in [0, 0.1) is 0 Å². The summed E-state index contributed by atoms with van der Waals surface area (Å²) in [5.41, 5.74) is 0. The normalized spacial score (nSPS) is 9.78. The van der Waals surface area contributed by atoms with E-state index in [1.54, 1.807) is 6.20 Å². The molecule has 0 aliphatic carbocycles. The molecule has 2 N–H and O–H groups in total. The van der Waals surface area contributed by atoms with E-state index in [0.29, 0.717) is 13.0 Å². The third-order valence-electron chi connectivity index (χ3n) is 2.06. The van der Waals surface area contributed by atoms with Gasteiger partial charge in [-0.15, -0.1) is 17.9 Å². The fourth-order valence-corrected chi connectivity index (χ4v) is 1.92. The molecule has 0 aromatic carbocycles. The summed E-state index contributed by atoms with van der Waals surface area (Å²) in [6.45, 7) is 3.78. The highest BCUT2D eigenvalue weighted by Gasteiger charge is 2.14. The highest BCUT2D eigenvalue weighted by atomic mass is 32.1. The van der Waals surface area contributed by atoms with Gasteiger partial charge in [0, 0.05) is 31.1 Å². The van der Waals surface area contributed by atoms with E-state index in [4.69, 9.17) is 5.11 Å². The summed E-state index contributed by atoms with van der Waals surface area (Å²) < 4.78 is 0. The first-order valence-corrected chi connectivity index (χ1v) is 6.25. The van der Waals surface area contributed by atoms with E-state index < -0.39 is 12.0 Å². The van der Waals surface area contributed by atoms with E-state index in [-0.39, 0.29) is 13.1 Å². The maximum absolute atomic E-state index is 11.7. The summed E-state index contributed by atoms with van der Waals surface area (Å²) in [4.78, 5) is 27.5. The number of carboxylic acids is 1. The van der Waals surface area contributed by atoms with Crippen molar-refractivity contribution >= 4 is 23.3 Å². The summed E-state index contributed by atoms with van der Waals surface area (Å²) >= 11 is 1.52. The summed E-state index contributed by atoms with van der Waals surface area (Å²) in [6.07, 6.45) is 3.83. The molecule has 0 unspecified atom stereocenters. The smallest absolute Gasteiger partial charge is 0.323 e. The van der Waals surface area contributed by atoms with Crippen LogP contribution in [0.1, 0.15) is 5.01 Å². The monoisotopic (exact) mass is 269 g/mol. The van der Waals surface area contributed by atoms with Crippen molar-refractivity contribution in [3.05, 3.63) is 29.2 Å². The quantitative estimate of drug-likeness (QED) is 0.722. The average molecular weight is 269 g/mol. The molecule has 0 radical (unpaired) electrons. The molecule has 1 heterocycles. The molecule has 1 aromatic rings. The summed E-state index contributed by atoms with van der Waals surface area (Å²) in [6, 6.07) is -0.408. The number of carbonyl (C=O) groups is 2. The second-order valence-corrected chi connectivity index (χ2v) is 4.45. The highest BCUT2D eigenvalue weighted by molar-refractivity contribution is 7.09. The number of carboxylic acid groups (broad SMARTS) is 1. The van der Waals surface area contributed by atoms with Gasteiger partial charge >= 0.3 is 12.0 Å². The average Bonchev–Trinajstić information content (AvgIpc) is 2.81.